The van der Waals surface area contributed by atoms with E-state index >= 15 is 0 Å². The molecule has 0 amide bonds. The van der Waals surface area contributed by atoms with Crippen LogP contribution in [0.3, 0.4) is 0 Å². The van der Waals surface area contributed by atoms with Gasteiger partial charge >= 0.3 is 0 Å². The minimum Gasteiger partial charge on any atom is -0.300 e. The van der Waals surface area contributed by atoms with Crippen molar-refractivity contribution >= 4 is 5.78 Å². The van der Waals surface area contributed by atoms with E-state index in [0.717, 1.165) is 31.0 Å². The Morgan fingerprint density at radius 2 is 2.17 bits per heavy atom. The van der Waals surface area contributed by atoms with Crippen molar-refractivity contribution in [3.63, 3.8) is 0 Å². The molecule has 98 valence electrons. The Hall–Kier alpha value is -1.29. The molecule has 1 aromatic carbocycles. The normalized spacial score (nSPS) is 20.3. The first kappa shape index (κ1) is 13.1. The summed E-state index contributed by atoms with van der Waals surface area (Å²) in [6.07, 6.45) is 2.61. The molecule has 1 heterocycles. The van der Waals surface area contributed by atoms with Crippen LogP contribution in [0.1, 0.15) is 31.7 Å². The molecular weight excluding hydrogens is 236 g/mol. The average molecular weight is 253 g/mol. The molecule has 2 rings (SSSR count). The molecule has 1 atom stereocenters. The summed E-state index contributed by atoms with van der Waals surface area (Å²) < 4.78 is 25.9. The van der Waals surface area contributed by atoms with Gasteiger partial charge in [0.2, 0.25) is 0 Å². The lowest BCUT2D eigenvalue weighted by Gasteiger charge is -2.23. The molecule has 0 saturated carbocycles. The van der Waals surface area contributed by atoms with E-state index in [1.807, 2.05) is 0 Å². The van der Waals surface area contributed by atoms with Gasteiger partial charge in [-0.3, -0.25) is 9.69 Å². The third-order valence-electron chi connectivity index (χ3n) is 3.39. The van der Waals surface area contributed by atoms with Gasteiger partial charge in [-0.05, 0) is 44.0 Å². The Bertz CT molecular complexity index is 447. The topological polar surface area (TPSA) is 20.3 Å². The fourth-order valence-corrected chi connectivity index (χ4v) is 2.54. The quantitative estimate of drug-likeness (QED) is 0.822. The minimum absolute atomic E-state index is 0.178. The molecule has 1 aromatic rings. The summed E-state index contributed by atoms with van der Waals surface area (Å²) in [6.45, 7) is 3.08. The molecule has 0 aromatic heterocycles. The first-order chi connectivity index (χ1) is 8.56. The van der Waals surface area contributed by atoms with Gasteiger partial charge in [-0.2, -0.15) is 0 Å². The number of benzene rings is 1. The summed E-state index contributed by atoms with van der Waals surface area (Å²) in [6, 6.07) is 4.23. The molecule has 2 nitrogen and oxygen atoms in total. The molecule has 0 N–H and O–H groups in total. The van der Waals surface area contributed by atoms with Crippen molar-refractivity contribution in [2.75, 3.05) is 6.54 Å². The van der Waals surface area contributed by atoms with Crippen LogP contribution in [-0.4, -0.2) is 23.3 Å². The molecule has 1 unspecified atom stereocenters. The van der Waals surface area contributed by atoms with Gasteiger partial charge in [0.15, 0.2) is 11.6 Å². The molecule has 1 fully saturated rings. The molecular formula is C14H17F2NO. The third-order valence-corrected chi connectivity index (χ3v) is 3.39. The number of nitrogens with zero attached hydrogens (tertiary/aromatic N) is 1. The van der Waals surface area contributed by atoms with Gasteiger partial charge in [-0.15, -0.1) is 0 Å². The first-order valence-electron chi connectivity index (χ1n) is 6.23. The molecule has 4 heteroatoms. The van der Waals surface area contributed by atoms with Crippen molar-refractivity contribution in [2.45, 2.75) is 38.8 Å². The number of carbonyl (C=O) groups excluding carboxylic acids is 1. The van der Waals surface area contributed by atoms with Crippen molar-refractivity contribution in [1.29, 1.82) is 0 Å². The van der Waals surface area contributed by atoms with E-state index in [1.54, 1.807) is 13.0 Å². The molecule has 0 bridgehead atoms. The number of Topliss-reactive ketones (excluding diaryl/α,β-unsaturated/α-hetero) is 1. The van der Waals surface area contributed by atoms with Crippen molar-refractivity contribution in [3.05, 3.63) is 35.4 Å². The number of hydrogen-bond donors (Lipinski definition) is 0. The van der Waals surface area contributed by atoms with Crippen LogP contribution in [-0.2, 0) is 11.3 Å². The highest BCUT2D eigenvalue weighted by molar-refractivity contribution is 5.76. The van der Waals surface area contributed by atoms with E-state index in [2.05, 4.69) is 4.90 Å². The molecule has 0 spiro atoms. The summed E-state index contributed by atoms with van der Waals surface area (Å²) in [4.78, 5) is 13.3. The van der Waals surface area contributed by atoms with Crippen molar-refractivity contribution in [1.82, 2.24) is 4.90 Å². The Balaban J connectivity index is 2.03. The molecule has 1 saturated heterocycles. The summed E-state index contributed by atoms with van der Waals surface area (Å²) in [5.41, 5.74) is 0.754. The second-order valence-corrected chi connectivity index (χ2v) is 4.92. The highest BCUT2D eigenvalue weighted by atomic mass is 19.2. The maximum absolute atomic E-state index is 13.1. The minimum atomic E-state index is -0.819. The van der Waals surface area contributed by atoms with Gasteiger partial charge in [0.1, 0.15) is 5.78 Å². The zero-order chi connectivity index (χ0) is 13.1. The van der Waals surface area contributed by atoms with Crippen LogP contribution in [0.5, 0.6) is 0 Å². The fraction of sp³-hybridized carbons (Fsp3) is 0.500. The molecule has 1 aliphatic heterocycles. The number of halogens is 2. The zero-order valence-corrected chi connectivity index (χ0v) is 10.5. The standard InChI is InChI=1S/C14H17F2NO/c1-10(18)7-12-3-2-6-17(12)9-11-4-5-13(15)14(16)8-11/h4-5,8,12H,2-3,6-7,9H2,1H3. The largest absolute Gasteiger partial charge is 0.300 e. The number of carbonyl (C=O) groups is 1. The van der Waals surface area contributed by atoms with E-state index in [0.29, 0.717) is 13.0 Å². The summed E-state index contributed by atoms with van der Waals surface area (Å²) in [5.74, 6) is -1.45. The van der Waals surface area contributed by atoms with Crippen LogP contribution in [0.25, 0.3) is 0 Å². The van der Waals surface area contributed by atoms with E-state index in [4.69, 9.17) is 0 Å². The van der Waals surface area contributed by atoms with Crippen LogP contribution in [0.15, 0.2) is 18.2 Å². The van der Waals surface area contributed by atoms with Crippen LogP contribution < -0.4 is 0 Å². The lowest BCUT2D eigenvalue weighted by Crippen LogP contribution is -2.30. The molecule has 18 heavy (non-hydrogen) atoms. The predicted octanol–water partition coefficient (Wildman–Crippen LogP) is 2.91. The lowest BCUT2D eigenvalue weighted by molar-refractivity contribution is -0.118. The van der Waals surface area contributed by atoms with Crippen LogP contribution in [0.2, 0.25) is 0 Å². The SMILES string of the molecule is CC(=O)CC1CCCN1Cc1ccc(F)c(F)c1. The highest BCUT2D eigenvalue weighted by Gasteiger charge is 2.25. The van der Waals surface area contributed by atoms with Gasteiger partial charge in [0.25, 0.3) is 0 Å². The fourth-order valence-electron chi connectivity index (χ4n) is 2.54. The highest BCUT2D eigenvalue weighted by Crippen LogP contribution is 2.23. The predicted molar refractivity (Wildman–Crippen MR) is 65.1 cm³/mol. The van der Waals surface area contributed by atoms with Gasteiger partial charge in [-0.25, -0.2) is 8.78 Å². The van der Waals surface area contributed by atoms with E-state index in [1.165, 1.54) is 6.07 Å². The van der Waals surface area contributed by atoms with E-state index < -0.39 is 11.6 Å². The van der Waals surface area contributed by atoms with Gasteiger partial charge in [0, 0.05) is 19.0 Å². The monoisotopic (exact) mass is 253 g/mol. The van der Waals surface area contributed by atoms with Crippen molar-refractivity contribution in [2.24, 2.45) is 0 Å². The summed E-state index contributed by atoms with van der Waals surface area (Å²) in [7, 11) is 0. The number of rotatable bonds is 4. The first-order valence-corrected chi connectivity index (χ1v) is 6.23. The Morgan fingerprint density at radius 1 is 1.39 bits per heavy atom. The summed E-state index contributed by atoms with van der Waals surface area (Å²) >= 11 is 0. The second-order valence-electron chi connectivity index (χ2n) is 4.92. The van der Waals surface area contributed by atoms with Gasteiger partial charge < -0.3 is 0 Å². The van der Waals surface area contributed by atoms with Crippen molar-refractivity contribution < 1.29 is 13.6 Å². The van der Waals surface area contributed by atoms with Gasteiger partial charge in [-0.1, -0.05) is 6.07 Å². The lowest BCUT2D eigenvalue weighted by atomic mass is 10.1. The Labute approximate surface area is 106 Å². The number of ketones is 1. The van der Waals surface area contributed by atoms with E-state index in [9.17, 15) is 13.6 Å². The van der Waals surface area contributed by atoms with Crippen LogP contribution >= 0.6 is 0 Å². The summed E-state index contributed by atoms with van der Waals surface area (Å²) in [5, 5.41) is 0. The van der Waals surface area contributed by atoms with E-state index in [-0.39, 0.29) is 11.8 Å². The van der Waals surface area contributed by atoms with Crippen LogP contribution in [0.4, 0.5) is 8.78 Å². The maximum atomic E-state index is 13.1. The third kappa shape index (κ3) is 3.13. The molecule has 0 aliphatic carbocycles. The maximum Gasteiger partial charge on any atom is 0.159 e. The smallest absolute Gasteiger partial charge is 0.159 e. The number of likely N-dealkylation sites (tertiary alicyclic amines) is 1. The number of hydrogen-bond acceptors (Lipinski definition) is 2. The molecule has 0 radical (unpaired) electrons. The second kappa shape index (κ2) is 5.57. The molecule has 1 aliphatic rings. The van der Waals surface area contributed by atoms with Crippen molar-refractivity contribution in [3.8, 4) is 0 Å². The Kier molecular flexibility index (Phi) is 4.07. The van der Waals surface area contributed by atoms with Crippen LogP contribution in [0, 0.1) is 11.6 Å². The average Bonchev–Trinajstić information content (AvgIpc) is 2.70. The zero-order valence-electron chi connectivity index (χ0n) is 10.5. The Morgan fingerprint density at radius 3 is 2.83 bits per heavy atom. The van der Waals surface area contributed by atoms with Gasteiger partial charge in [0.05, 0.1) is 0 Å².